The van der Waals surface area contributed by atoms with Crippen molar-refractivity contribution in [3.63, 3.8) is 0 Å². The van der Waals surface area contributed by atoms with Crippen LogP contribution in [0.5, 0.6) is 5.75 Å². The van der Waals surface area contributed by atoms with Crippen molar-refractivity contribution in [2.75, 3.05) is 19.8 Å². The number of hydrogen-bond donors (Lipinski definition) is 1. The maximum absolute atomic E-state index is 11.9. The predicted molar refractivity (Wildman–Crippen MR) is 68.9 cm³/mol. The first-order chi connectivity index (χ1) is 8.81. The van der Waals surface area contributed by atoms with Gasteiger partial charge in [0.15, 0.2) is 5.78 Å². The molecule has 0 atom stereocenters. The summed E-state index contributed by atoms with van der Waals surface area (Å²) < 4.78 is 11.2. The first kappa shape index (κ1) is 13.1. The van der Waals surface area contributed by atoms with Crippen molar-refractivity contribution in [3.8, 4) is 5.75 Å². The van der Waals surface area contributed by atoms with Gasteiger partial charge in [-0.25, -0.2) is 0 Å². The Balaban J connectivity index is 2.08. The Kier molecular flexibility index (Phi) is 4.73. The molecule has 0 radical (unpaired) electrons. The highest BCUT2D eigenvalue weighted by molar-refractivity contribution is 5.98. The van der Waals surface area contributed by atoms with Gasteiger partial charge in [-0.3, -0.25) is 4.79 Å². The van der Waals surface area contributed by atoms with E-state index in [4.69, 9.17) is 15.2 Å². The Hall–Kier alpha value is -1.39. The second-order valence-corrected chi connectivity index (χ2v) is 4.39. The van der Waals surface area contributed by atoms with Crippen molar-refractivity contribution in [1.82, 2.24) is 0 Å². The van der Waals surface area contributed by atoms with Crippen LogP contribution in [-0.2, 0) is 4.74 Å². The van der Waals surface area contributed by atoms with Gasteiger partial charge in [0, 0.05) is 19.3 Å². The number of benzene rings is 1. The van der Waals surface area contributed by atoms with E-state index >= 15 is 0 Å². The fourth-order valence-corrected chi connectivity index (χ4v) is 2.04. The van der Waals surface area contributed by atoms with Gasteiger partial charge in [0.05, 0.1) is 18.8 Å². The van der Waals surface area contributed by atoms with E-state index in [2.05, 4.69) is 0 Å². The van der Waals surface area contributed by atoms with Crippen LogP contribution in [0.15, 0.2) is 24.3 Å². The van der Waals surface area contributed by atoms with Crippen molar-refractivity contribution in [1.29, 1.82) is 0 Å². The molecule has 98 valence electrons. The molecule has 0 aliphatic carbocycles. The molecule has 1 aromatic rings. The molecule has 2 N–H and O–H groups in total. The van der Waals surface area contributed by atoms with E-state index in [0.717, 1.165) is 26.1 Å². The summed E-state index contributed by atoms with van der Waals surface area (Å²) >= 11 is 0. The molecule has 0 aromatic heterocycles. The molecule has 4 heteroatoms. The van der Waals surface area contributed by atoms with E-state index in [9.17, 15) is 4.79 Å². The maximum atomic E-state index is 11.9. The summed E-state index contributed by atoms with van der Waals surface area (Å²) in [6.45, 7) is 1.82. The SMILES string of the molecule is NCCC(=O)c1ccccc1OC1CCOCC1. The molecule has 0 unspecified atom stereocenters. The van der Waals surface area contributed by atoms with Crippen LogP contribution >= 0.6 is 0 Å². The van der Waals surface area contributed by atoms with Crippen molar-refractivity contribution in [2.24, 2.45) is 5.73 Å². The summed E-state index contributed by atoms with van der Waals surface area (Å²) in [5.41, 5.74) is 6.06. The minimum atomic E-state index is 0.0418. The minimum absolute atomic E-state index is 0.0418. The molecular weight excluding hydrogens is 230 g/mol. The van der Waals surface area contributed by atoms with Crippen molar-refractivity contribution < 1.29 is 14.3 Å². The zero-order valence-electron chi connectivity index (χ0n) is 10.4. The molecule has 1 fully saturated rings. The van der Waals surface area contributed by atoms with Crippen LogP contribution in [0.1, 0.15) is 29.6 Å². The second-order valence-electron chi connectivity index (χ2n) is 4.39. The van der Waals surface area contributed by atoms with Gasteiger partial charge in [-0.2, -0.15) is 0 Å². The lowest BCUT2D eigenvalue weighted by atomic mass is 10.1. The van der Waals surface area contributed by atoms with Gasteiger partial charge in [-0.05, 0) is 18.7 Å². The Morgan fingerprint density at radius 2 is 2.06 bits per heavy atom. The lowest BCUT2D eigenvalue weighted by molar-refractivity contribution is 0.0252. The highest BCUT2D eigenvalue weighted by atomic mass is 16.5. The second kappa shape index (κ2) is 6.52. The van der Waals surface area contributed by atoms with Crippen molar-refractivity contribution in [3.05, 3.63) is 29.8 Å². The van der Waals surface area contributed by atoms with Gasteiger partial charge in [0.1, 0.15) is 11.9 Å². The molecule has 1 heterocycles. The monoisotopic (exact) mass is 249 g/mol. The number of Topliss-reactive ketones (excluding diaryl/α,β-unsaturated/α-hetero) is 1. The molecule has 2 rings (SSSR count). The third kappa shape index (κ3) is 3.31. The fraction of sp³-hybridized carbons (Fsp3) is 0.500. The first-order valence-corrected chi connectivity index (χ1v) is 6.38. The van der Waals surface area contributed by atoms with Crippen LogP contribution in [0.3, 0.4) is 0 Å². The zero-order chi connectivity index (χ0) is 12.8. The van der Waals surface area contributed by atoms with Crippen molar-refractivity contribution >= 4 is 5.78 Å². The Bertz CT molecular complexity index is 400. The molecule has 1 aliphatic heterocycles. The quantitative estimate of drug-likeness (QED) is 0.808. The maximum Gasteiger partial charge on any atom is 0.167 e. The van der Waals surface area contributed by atoms with Crippen LogP contribution < -0.4 is 10.5 Å². The largest absolute Gasteiger partial charge is 0.489 e. The number of ether oxygens (including phenoxy) is 2. The lowest BCUT2D eigenvalue weighted by Gasteiger charge is -2.24. The topological polar surface area (TPSA) is 61.6 Å². The van der Waals surface area contributed by atoms with Crippen LogP contribution in [-0.4, -0.2) is 31.6 Å². The van der Waals surface area contributed by atoms with Crippen LogP contribution in [0.25, 0.3) is 0 Å². The Morgan fingerprint density at radius 3 is 2.78 bits per heavy atom. The number of ketones is 1. The van der Waals surface area contributed by atoms with Crippen LogP contribution in [0, 0.1) is 0 Å². The molecule has 4 nitrogen and oxygen atoms in total. The van der Waals surface area contributed by atoms with Gasteiger partial charge in [-0.15, -0.1) is 0 Å². The molecule has 1 aromatic carbocycles. The fourth-order valence-electron chi connectivity index (χ4n) is 2.04. The van der Waals surface area contributed by atoms with Crippen molar-refractivity contribution in [2.45, 2.75) is 25.4 Å². The van der Waals surface area contributed by atoms with E-state index in [1.807, 2.05) is 18.2 Å². The number of carbonyl (C=O) groups excluding carboxylic acids is 1. The molecule has 0 spiro atoms. The van der Waals surface area contributed by atoms with E-state index < -0.39 is 0 Å². The van der Waals surface area contributed by atoms with E-state index in [-0.39, 0.29) is 11.9 Å². The van der Waals surface area contributed by atoms with Gasteiger partial charge in [0.2, 0.25) is 0 Å². The highest BCUT2D eigenvalue weighted by Gasteiger charge is 2.18. The summed E-state index contributed by atoms with van der Waals surface area (Å²) in [5.74, 6) is 0.711. The van der Waals surface area contributed by atoms with Gasteiger partial charge >= 0.3 is 0 Å². The van der Waals surface area contributed by atoms with E-state index in [0.29, 0.717) is 24.3 Å². The number of nitrogens with two attached hydrogens (primary N) is 1. The molecule has 1 saturated heterocycles. The Morgan fingerprint density at radius 1 is 1.33 bits per heavy atom. The minimum Gasteiger partial charge on any atom is -0.489 e. The first-order valence-electron chi connectivity index (χ1n) is 6.38. The summed E-state index contributed by atoms with van der Waals surface area (Å²) in [6, 6.07) is 7.38. The smallest absolute Gasteiger partial charge is 0.167 e. The molecule has 0 saturated carbocycles. The summed E-state index contributed by atoms with van der Waals surface area (Å²) in [5, 5.41) is 0. The van der Waals surface area contributed by atoms with Gasteiger partial charge in [0.25, 0.3) is 0 Å². The van der Waals surface area contributed by atoms with Crippen LogP contribution in [0.4, 0.5) is 0 Å². The lowest BCUT2D eigenvalue weighted by Crippen LogP contribution is -2.26. The Labute approximate surface area is 107 Å². The van der Waals surface area contributed by atoms with E-state index in [1.54, 1.807) is 6.07 Å². The van der Waals surface area contributed by atoms with Gasteiger partial charge in [-0.1, -0.05) is 12.1 Å². The molecule has 0 amide bonds. The average molecular weight is 249 g/mol. The number of hydrogen-bond acceptors (Lipinski definition) is 4. The zero-order valence-corrected chi connectivity index (χ0v) is 10.4. The molecule has 0 bridgehead atoms. The molecule has 18 heavy (non-hydrogen) atoms. The normalized spacial score (nSPS) is 16.5. The molecular formula is C14H19NO3. The number of para-hydroxylation sites is 1. The standard InChI is InChI=1S/C14H19NO3/c15-8-5-13(16)12-3-1-2-4-14(12)18-11-6-9-17-10-7-11/h1-4,11H,5-10,15H2. The third-order valence-electron chi connectivity index (χ3n) is 3.02. The summed E-state index contributed by atoms with van der Waals surface area (Å²) in [4.78, 5) is 11.9. The molecule has 1 aliphatic rings. The van der Waals surface area contributed by atoms with Gasteiger partial charge < -0.3 is 15.2 Å². The van der Waals surface area contributed by atoms with E-state index in [1.165, 1.54) is 0 Å². The number of carbonyl (C=O) groups is 1. The number of rotatable bonds is 5. The summed E-state index contributed by atoms with van der Waals surface area (Å²) in [7, 11) is 0. The third-order valence-corrected chi connectivity index (χ3v) is 3.02. The highest BCUT2D eigenvalue weighted by Crippen LogP contribution is 2.23. The average Bonchev–Trinajstić information content (AvgIpc) is 2.41. The van der Waals surface area contributed by atoms with Crippen LogP contribution in [0.2, 0.25) is 0 Å². The predicted octanol–water partition coefficient (Wildman–Crippen LogP) is 1.78. The summed E-state index contributed by atoms with van der Waals surface area (Å²) in [6.07, 6.45) is 2.25.